The van der Waals surface area contributed by atoms with Gasteiger partial charge in [-0.2, -0.15) is 0 Å². The van der Waals surface area contributed by atoms with Crippen LogP contribution in [0, 0.1) is 6.07 Å². The van der Waals surface area contributed by atoms with E-state index in [0.29, 0.717) is 0 Å². The lowest BCUT2D eigenvalue weighted by Crippen LogP contribution is -2.48. The first-order valence-corrected chi connectivity index (χ1v) is 8.27. The van der Waals surface area contributed by atoms with Crippen LogP contribution in [0.3, 0.4) is 0 Å². The molecule has 0 atom stereocenters. The van der Waals surface area contributed by atoms with Gasteiger partial charge in [0.1, 0.15) is 0 Å². The van der Waals surface area contributed by atoms with Gasteiger partial charge in [0.15, 0.2) is 0 Å². The minimum atomic E-state index is 0.179. The fraction of sp³-hybridized carbons (Fsp3) is 0.350. The van der Waals surface area contributed by atoms with Gasteiger partial charge in [-0.25, -0.2) is 0 Å². The van der Waals surface area contributed by atoms with Crippen molar-refractivity contribution in [3.8, 4) is 0 Å². The maximum atomic E-state index is 11.4. The smallest absolute Gasteiger partial charge is 0.219 e. The molecular weight excluding hydrogens is 284 g/mol. The summed E-state index contributed by atoms with van der Waals surface area (Å²) < 4.78 is 0. The molecule has 1 fully saturated rings. The summed E-state index contributed by atoms with van der Waals surface area (Å²) in [6.07, 6.45) is 2.10. The molecular formula is C20H23N2O. The summed E-state index contributed by atoms with van der Waals surface area (Å²) >= 11 is 0. The topological polar surface area (TPSA) is 23.6 Å². The van der Waals surface area contributed by atoms with E-state index in [4.69, 9.17) is 0 Å². The molecule has 1 saturated heterocycles. The Morgan fingerprint density at radius 3 is 2.30 bits per heavy atom. The highest BCUT2D eigenvalue weighted by Crippen LogP contribution is 2.18. The van der Waals surface area contributed by atoms with Crippen molar-refractivity contribution in [2.45, 2.75) is 19.8 Å². The Balaban J connectivity index is 1.54. The number of piperazine rings is 1. The Morgan fingerprint density at radius 2 is 1.70 bits per heavy atom. The summed E-state index contributed by atoms with van der Waals surface area (Å²) in [7, 11) is 0. The fourth-order valence-corrected chi connectivity index (χ4v) is 3.03. The number of hydrogen-bond donors (Lipinski definition) is 0. The first-order valence-electron chi connectivity index (χ1n) is 8.27. The van der Waals surface area contributed by atoms with Crippen molar-refractivity contribution in [2.24, 2.45) is 0 Å². The normalized spacial score (nSPS) is 14.8. The molecule has 0 aliphatic carbocycles. The van der Waals surface area contributed by atoms with Gasteiger partial charge in [-0.15, -0.1) is 0 Å². The molecule has 0 N–H and O–H groups in total. The number of amides is 1. The summed E-state index contributed by atoms with van der Waals surface area (Å²) in [6.45, 7) is 5.12. The summed E-state index contributed by atoms with van der Waals surface area (Å²) in [6, 6.07) is 20.2. The lowest BCUT2D eigenvalue weighted by Gasteiger charge is -2.35. The number of carbonyl (C=O) groups excluding carboxylic acids is 1. The van der Waals surface area contributed by atoms with E-state index in [1.54, 1.807) is 6.92 Å². The van der Waals surface area contributed by atoms with Gasteiger partial charge in [-0.3, -0.25) is 4.79 Å². The van der Waals surface area contributed by atoms with Crippen molar-refractivity contribution in [3.63, 3.8) is 0 Å². The van der Waals surface area contributed by atoms with E-state index in [1.165, 1.54) is 16.8 Å². The van der Waals surface area contributed by atoms with Gasteiger partial charge in [0.2, 0.25) is 5.91 Å². The second kappa shape index (κ2) is 7.32. The van der Waals surface area contributed by atoms with Gasteiger partial charge in [-0.05, 0) is 42.2 Å². The molecule has 2 aromatic carbocycles. The summed E-state index contributed by atoms with van der Waals surface area (Å²) in [5.41, 5.74) is 3.95. The molecule has 1 heterocycles. The van der Waals surface area contributed by atoms with Crippen molar-refractivity contribution < 1.29 is 4.79 Å². The summed E-state index contributed by atoms with van der Waals surface area (Å²) in [5, 5.41) is 0. The molecule has 1 amide bonds. The van der Waals surface area contributed by atoms with Gasteiger partial charge in [0.05, 0.1) is 0 Å². The van der Waals surface area contributed by atoms with Crippen LogP contribution in [-0.2, 0) is 17.6 Å². The van der Waals surface area contributed by atoms with Crippen LogP contribution in [0.5, 0.6) is 0 Å². The maximum Gasteiger partial charge on any atom is 0.219 e. The third kappa shape index (κ3) is 4.13. The van der Waals surface area contributed by atoms with Crippen LogP contribution in [0.15, 0.2) is 48.5 Å². The Bertz CT molecular complexity index is 628. The molecule has 1 aliphatic heterocycles. The number of nitrogens with zero attached hydrogens (tertiary/aromatic N) is 2. The van der Waals surface area contributed by atoms with Gasteiger partial charge >= 0.3 is 0 Å². The number of benzene rings is 2. The molecule has 0 bridgehead atoms. The Kier molecular flexibility index (Phi) is 4.96. The van der Waals surface area contributed by atoms with Crippen molar-refractivity contribution in [1.82, 2.24) is 4.90 Å². The Morgan fingerprint density at radius 1 is 1.00 bits per heavy atom. The second-order valence-electron chi connectivity index (χ2n) is 6.07. The molecule has 3 nitrogen and oxygen atoms in total. The number of carbonyl (C=O) groups is 1. The lowest BCUT2D eigenvalue weighted by atomic mass is 10.0. The standard InChI is InChI=1S/C20H23N2O/c1-17(23)21-13-15-22(16-14-21)20-11-9-19(10-12-20)8-7-18-5-3-2-4-6-18/h2-3,5-6,9-12H,7-8,13-16H2,1H3. The second-order valence-corrected chi connectivity index (χ2v) is 6.07. The fourth-order valence-electron chi connectivity index (χ4n) is 3.03. The van der Waals surface area contributed by atoms with Crippen LogP contribution in [0.2, 0.25) is 0 Å². The van der Waals surface area contributed by atoms with E-state index < -0.39 is 0 Å². The average Bonchev–Trinajstić information content (AvgIpc) is 2.61. The minimum Gasteiger partial charge on any atom is -0.368 e. The largest absolute Gasteiger partial charge is 0.368 e. The third-order valence-electron chi connectivity index (χ3n) is 4.50. The van der Waals surface area contributed by atoms with Crippen LogP contribution in [-0.4, -0.2) is 37.0 Å². The molecule has 0 unspecified atom stereocenters. The third-order valence-corrected chi connectivity index (χ3v) is 4.50. The van der Waals surface area contributed by atoms with Crippen LogP contribution in [0.4, 0.5) is 5.69 Å². The first-order chi connectivity index (χ1) is 11.2. The van der Waals surface area contributed by atoms with Crippen molar-refractivity contribution >= 4 is 11.6 Å². The average molecular weight is 307 g/mol. The van der Waals surface area contributed by atoms with Crippen LogP contribution in [0.25, 0.3) is 0 Å². The van der Waals surface area contributed by atoms with Gasteiger partial charge < -0.3 is 9.80 Å². The number of rotatable bonds is 4. The monoisotopic (exact) mass is 307 g/mol. The zero-order chi connectivity index (χ0) is 16.1. The lowest BCUT2D eigenvalue weighted by molar-refractivity contribution is -0.129. The Labute approximate surface area is 138 Å². The molecule has 119 valence electrons. The SMILES string of the molecule is CC(=O)N1CCN(c2ccc(CCc3c[c]ccc3)cc2)CC1. The summed E-state index contributed by atoms with van der Waals surface area (Å²) in [4.78, 5) is 15.7. The van der Waals surface area contributed by atoms with Gasteiger partial charge in [-0.1, -0.05) is 36.4 Å². The van der Waals surface area contributed by atoms with E-state index in [-0.39, 0.29) is 5.91 Å². The van der Waals surface area contributed by atoms with Crippen LogP contribution >= 0.6 is 0 Å². The predicted octanol–water partition coefficient (Wildman–Crippen LogP) is 2.94. The number of aryl methyl sites for hydroxylation is 2. The number of anilines is 1. The molecule has 0 spiro atoms. The molecule has 0 aromatic heterocycles. The van der Waals surface area contributed by atoms with E-state index >= 15 is 0 Å². The molecule has 1 radical (unpaired) electrons. The van der Waals surface area contributed by atoms with Crippen molar-refractivity contribution in [2.75, 3.05) is 31.1 Å². The Hall–Kier alpha value is -2.29. The molecule has 3 heteroatoms. The maximum absolute atomic E-state index is 11.4. The minimum absolute atomic E-state index is 0.179. The molecule has 23 heavy (non-hydrogen) atoms. The highest BCUT2D eigenvalue weighted by atomic mass is 16.2. The summed E-state index contributed by atoms with van der Waals surface area (Å²) in [5.74, 6) is 0.179. The van der Waals surface area contributed by atoms with Crippen molar-refractivity contribution in [1.29, 1.82) is 0 Å². The van der Waals surface area contributed by atoms with Gasteiger partial charge in [0, 0.05) is 38.8 Å². The molecule has 3 rings (SSSR count). The van der Waals surface area contributed by atoms with Gasteiger partial charge in [0.25, 0.3) is 0 Å². The quantitative estimate of drug-likeness (QED) is 0.867. The van der Waals surface area contributed by atoms with Crippen LogP contribution in [0.1, 0.15) is 18.1 Å². The highest BCUT2D eigenvalue weighted by molar-refractivity contribution is 5.73. The highest BCUT2D eigenvalue weighted by Gasteiger charge is 2.18. The van der Waals surface area contributed by atoms with E-state index in [9.17, 15) is 4.79 Å². The zero-order valence-corrected chi connectivity index (χ0v) is 13.7. The van der Waals surface area contributed by atoms with Crippen LogP contribution < -0.4 is 4.90 Å². The molecule has 0 saturated carbocycles. The van der Waals surface area contributed by atoms with Crippen molar-refractivity contribution in [3.05, 3.63) is 65.7 Å². The van der Waals surface area contributed by atoms with E-state index in [1.807, 2.05) is 17.0 Å². The molecule has 2 aromatic rings. The predicted molar refractivity (Wildman–Crippen MR) is 93.6 cm³/mol. The molecule has 1 aliphatic rings. The zero-order valence-electron chi connectivity index (χ0n) is 13.7. The van der Waals surface area contributed by atoms with E-state index in [0.717, 1.165) is 39.0 Å². The van der Waals surface area contributed by atoms with E-state index in [2.05, 4.69) is 47.4 Å². The number of hydrogen-bond acceptors (Lipinski definition) is 2. The first kappa shape index (κ1) is 15.6.